The maximum atomic E-state index is 12.2. The van der Waals surface area contributed by atoms with Crippen LogP contribution in [-0.4, -0.2) is 16.9 Å². The summed E-state index contributed by atoms with van der Waals surface area (Å²) in [5.74, 6) is 0.907. The Kier molecular flexibility index (Phi) is 4.64. The van der Waals surface area contributed by atoms with Crippen LogP contribution in [0.3, 0.4) is 0 Å². The zero-order chi connectivity index (χ0) is 13.8. The van der Waals surface area contributed by atoms with E-state index in [4.69, 9.17) is 17.3 Å². The predicted molar refractivity (Wildman–Crippen MR) is 77.2 cm³/mol. The van der Waals surface area contributed by atoms with Crippen LogP contribution in [-0.2, 0) is 0 Å². The van der Waals surface area contributed by atoms with Crippen LogP contribution in [0.1, 0.15) is 49.4 Å². The second kappa shape index (κ2) is 6.24. The van der Waals surface area contributed by atoms with Crippen LogP contribution in [0.15, 0.2) is 12.3 Å². The van der Waals surface area contributed by atoms with E-state index in [9.17, 15) is 4.79 Å². The lowest BCUT2D eigenvalue weighted by molar-refractivity contribution is 0.0933. The van der Waals surface area contributed by atoms with Crippen molar-refractivity contribution in [2.75, 3.05) is 5.73 Å². The third kappa shape index (κ3) is 3.83. The summed E-state index contributed by atoms with van der Waals surface area (Å²) < 4.78 is 0. The van der Waals surface area contributed by atoms with E-state index in [1.807, 2.05) is 0 Å². The molecule has 2 rings (SSSR count). The number of anilines is 1. The van der Waals surface area contributed by atoms with Crippen molar-refractivity contribution < 1.29 is 4.79 Å². The van der Waals surface area contributed by atoms with Crippen molar-refractivity contribution in [1.82, 2.24) is 10.3 Å². The number of hydrogen-bond donors (Lipinski definition) is 2. The zero-order valence-electron chi connectivity index (χ0n) is 11.2. The molecule has 0 aliphatic heterocycles. The number of halogens is 1. The van der Waals surface area contributed by atoms with E-state index < -0.39 is 0 Å². The van der Waals surface area contributed by atoms with Gasteiger partial charge < -0.3 is 11.1 Å². The Bertz CT molecular complexity index is 464. The predicted octanol–water partition coefficient (Wildman–Crippen LogP) is 3.02. The Morgan fingerprint density at radius 2 is 2.21 bits per heavy atom. The molecule has 2 unspecified atom stereocenters. The molecule has 1 heterocycles. The lowest BCUT2D eigenvalue weighted by atomic mass is 10.0. The van der Waals surface area contributed by atoms with Gasteiger partial charge in [0.05, 0.1) is 10.6 Å². The van der Waals surface area contributed by atoms with Crippen LogP contribution in [0, 0.1) is 5.92 Å². The lowest BCUT2D eigenvalue weighted by Crippen LogP contribution is -2.34. The lowest BCUT2D eigenvalue weighted by Gasteiger charge is -2.17. The van der Waals surface area contributed by atoms with E-state index in [0.717, 1.165) is 25.2 Å². The summed E-state index contributed by atoms with van der Waals surface area (Å²) in [5.41, 5.74) is 6.00. The van der Waals surface area contributed by atoms with Gasteiger partial charge in [-0.05, 0) is 31.2 Å². The summed E-state index contributed by atoms with van der Waals surface area (Å²) in [6.45, 7) is 2.27. The van der Waals surface area contributed by atoms with E-state index in [1.165, 1.54) is 25.1 Å². The normalized spacial score (nSPS) is 23.7. The molecule has 0 saturated heterocycles. The molecule has 0 aromatic carbocycles. The number of hydrogen-bond acceptors (Lipinski definition) is 3. The number of pyridine rings is 1. The minimum Gasteiger partial charge on any atom is -0.384 e. The van der Waals surface area contributed by atoms with E-state index in [1.54, 1.807) is 0 Å². The van der Waals surface area contributed by atoms with Crippen molar-refractivity contribution in [3.05, 3.63) is 22.8 Å². The van der Waals surface area contributed by atoms with Gasteiger partial charge in [0, 0.05) is 12.2 Å². The van der Waals surface area contributed by atoms with E-state index in [-0.39, 0.29) is 11.9 Å². The van der Waals surface area contributed by atoms with Crippen LogP contribution in [0.5, 0.6) is 0 Å². The number of carbonyl (C=O) groups excluding carboxylic acids is 1. The maximum Gasteiger partial charge on any atom is 0.253 e. The van der Waals surface area contributed by atoms with Gasteiger partial charge in [-0.3, -0.25) is 4.79 Å². The van der Waals surface area contributed by atoms with Crippen molar-refractivity contribution in [3.8, 4) is 0 Å². The van der Waals surface area contributed by atoms with Crippen molar-refractivity contribution >= 4 is 23.3 Å². The Balaban J connectivity index is 2.02. The minimum atomic E-state index is -0.154. The number of amides is 1. The van der Waals surface area contributed by atoms with Gasteiger partial charge in [-0.25, -0.2) is 4.98 Å². The number of aromatic nitrogens is 1. The third-order valence-electron chi connectivity index (χ3n) is 3.71. The van der Waals surface area contributed by atoms with Gasteiger partial charge in [0.1, 0.15) is 5.82 Å². The summed E-state index contributed by atoms with van der Waals surface area (Å²) in [6, 6.07) is 1.76. The highest BCUT2D eigenvalue weighted by Gasteiger charge is 2.20. The summed E-state index contributed by atoms with van der Waals surface area (Å²) in [5, 5.41) is 3.40. The Hall–Kier alpha value is -1.29. The molecular formula is C14H20ClN3O. The molecule has 1 fully saturated rings. The van der Waals surface area contributed by atoms with Gasteiger partial charge >= 0.3 is 0 Å². The Morgan fingerprint density at radius 3 is 3.00 bits per heavy atom. The van der Waals surface area contributed by atoms with Gasteiger partial charge in [0.25, 0.3) is 5.91 Å². The van der Waals surface area contributed by atoms with Crippen LogP contribution >= 0.6 is 11.6 Å². The molecule has 5 heteroatoms. The molecule has 1 aliphatic rings. The number of nitrogens with one attached hydrogen (secondary N) is 1. The molecule has 0 radical (unpaired) electrons. The molecule has 4 nitrogen and oxygen atoms in total. The molecule has 1 aromatic rings. The molecule has 0 spiro atoms. The molecule has 1 aromatic heterocycles. The van der Waals surface area contributed by atoms with Crippen LogP contribution in [0.25, 0.3) is 0 Å². The van der Waals surface area contributed by atoms with Gasteiger partial charge in [-0.1, -0.05) is 31.4 Å². The highest BCUT2D eigenvalue weighted by Crippen LogP contribution is 2.23. The number of nitrogens with zero attached hydrogens (tertiary/aromatic N) is 1. The van der Waals surface area contributed by atoms with E-state index >= 15 is 0 Å². The van der Waals surface area contributed by atoms with Crippen molar-refractivity contribution in [2.45, 2.75) is 45.1 Å². The fourth-order valence-electron chi connectivity index (χ4n) is 2.52. The molecule has 1 aliphatic carbocycles. The number of carbonyl (C=O) groups is 1. The van der Waals surface area contributed by atoms with Crippen molar-refractivity contribution in [3.63, 3.8) is 0 Å². The molecule has 1 saturated carbocycles. The highest BCUT2D eigenvalue weighted by molar-refractivity contribution is 6.33. The number of nitrogen functional groups attached to an aromatic ring is 1. The van der Waals surface area contributed by atoms with Gasteiger partial charge in [-0.15, -0.1) is 0 Å². The smallest absolute Gasteiger partial charge is 0.253 e. The van der Waals surface area contributed by atoms with Crippen LogP contribution in [0.2, 0.25) is 5.02 Å². The summed E-state index contributed by atoms with van der Waals surface area (Å²) in [7, 11) is 0. The van der Waals surface area contributed by atoms with Crippen LogP contribution in [0.4, 0.5) is 5.82 Å². The standard InChI is InChI=1S/C14H20ClN3O/c1-9-3-2-4-10(6-5-9)18-14(19)11-7-13(16)17-8-12(11)15/h7-10H,2-6H2,1H3,(H2,16,17)(H,18,19). The second-order valence-electron chi connectivity index (χ2n) is 5.37. The number of nitrogens with two attached hydrogens (primary N) is 1. The largest absolute Gasteiger partial charge is 0.384 e. The molecule has 1 amide bonds. The van der Waals surface area contributed by atoms with Gasteiger partial charge in [0.15, 0.2) is 0 Å². The second-order valence-corrected chi connectivity index (χ2v) is 5.78. The van der Waals surface area contributed by atoms with Gasteiger partial charge in [-0.2, -0.15) is 0 Å². The van der Waals surface area contributed by atoms with Crippen LogP contribution < -0.4 is 11.1 Å². The summed E-state index contributed by atoms with van der Waals surface area (Å²) >= 11 is 5.99. The first-order chi connectivity index (χ1) is 9.06. The minimum absolute atomic E-state index is 0.154. The molecular weight excluding hydrogens is 262 g/mol. The fourth-order valence-corrected chi connectivity index (χ4v) is 2.71. The Morgan fingerprint density at radius 1 is 1.42 bits per heavy atom. The quantitative estimate of drug-likeness (QED) is 0.819. The van der Waals surface area contributed by atoms with Crippen molar-refractivity contribution in [1.29, 1.82) is 0 Å². The SMILES string of the molecule is CC1CCCC(NC(=O)c2cc(N)ncc2Cl)CC1. The Labute approximate surface area is 118 Å². The molecule has 2 atom stereocenters. The molecule has 3 N–H and O–H groups in total. The average molecular weight is 282 g/mol. The summed E-state index contributed by atoms with van der Waals surface area (Å²) in [4.78, 5) is 16.1. The zero-order valence-corrected chi connectivity index (χ0v) is 11.9. The molecule has 0 bridgehead atoms. The average Bonchev–Trinajstić information content (AvgIpc) is 2.57. The first kappa shape index (κ1) is 14.1. The van der Waals surface area contributed by atoms with Gasteiger partial charge in [0.2, 0.25) is 0 Å². The first-order valence-electron chi connectivity index (χ1n) is 6.78. The van der Waals surface area contributed by atoms with Crippen molar-refractivity contribution in [2.24, 2.45) is 5.92 Å². The third-order valence-corrected chi connectivity index (χ3v) is 4.01. The summed E-state index contributed by atoms with van der Waals surface area (Å²) in [6.07, 6.45) is 7.06. The van der Waals surface area contributed by atoms with E-state index in [0.29, 0.717) is 16.4 Å². The maximum absolute atomic E-state index is 12.2. The highest BCUT2D eigenvalue weighted by atomic mass is 35.5. The fraction of sp³-hybridized carbons (Fsp3) is 0.571. The molecule has 104 valence electrons. The number of rotatable bonds is 2. The molecule has 19 heavy (non-hydrogen) atoms. The first-order valence-corrected chi connectivity index (χ1v) is 7.16. The topological polar surface area (TPSA) is 68.0 Å². The monoisotopic (exact) mass is 281 g/mol. The van der Waals surface area contributed by atoms with E-state index in [2.05, 4.69) is 17.2 Å².